The summed E-state index contributed by atoms with van der Waals surface area (Å²) >= 11 is 0. The molecular formula is C25H24FN7O. The second-order valence-electron chi connectivity index (χ2n) is 9.50. The fourth-order valence-corrected chi connectivity index (χ4v) is 4.39. The van der Waals surface area contributed by atoms with Crippen molar-refractivity contribution in [3.63, 3.8) is 0 Å². The number of nitrogens with one attached hydrogen (secondary N) is 2. The van der Waals surface area contributed by atoms with Crippen molar-refractivity contribution < 1.29 is 9.18 Å². The zero-order valence-corrected chi connectivity index (χ0v) is 19.0. The maximum atomic E-state index is 14.3. The summed E-state index contributed by atoms with van der Waals surface area (Å²) in [5.41, 5.74) is 1.69. The molecule has 172 valence electrons. The lowest BCUT2D eigenvalue weighted by Crippen LogP contribution is -2.28. The molecule has 6 rings (SSSR count). The molecule has 1 aliphatic heterocycles. The average Bonchev–Trinajstić information content (AvgIpc) is 3.54. The molecule has 0 spiro atoms. The molecule has 34 heavy (non-hydrogen) atoms. The number of hydrogen-bond acceptors (Lipinski definition) is 6. The van der Waals surface area contributed by atoms with Crippen LogP contribution in [0.15, 0.2) is 42.6 Å². The van der Waals surface area contributed by atoms with Gasteiger partial charge < -0.3 is 10.6 Å². The Morgan fingerprint density at radius 3 is 2.79 bits per heavy atom. The van der Waals surface area contributed by atoms with Crippen molar-refractivity contribution in [1.82, 2.24) is 24.7 Å². The van der Waals surface area contributed by atoms with Crippen molar-refractivity contribution in [3.05, 3.63) is 59.5 Å². The lowest BCUT2D eigenvalue weighted by molar-refractivity contribution is -0.119. The third-order valence-electron chi connectivity index (χ3n) is 6.59. The van der Waals surface area contributed by atoms with E-state index in [2.05, 4.69) is 15.6 Å². The van der Waals surface area contributed by atoms with Crippen molar-refractivity contribution in [2.24, 2.45) is 5.92 Å². The number of hydrogen-bond donors (Lipinski definition) is 2. The predicted octanol–water partition coefficient (Wildman–Crippen LogP) is 4.13. The molecule has 1 amide bonds. The van der Waals surface area contributed by atoms with Gasteiger partial charge in [0, 0.05) is 18.3 Å². The SMILES string of the molecule is CC1(C)C(=O)Nc2nc(-c3nn(Cc4ccccc4F)c4ncccc34)nc(NCC3CC3)c21. The van der Waals surface area contributed by atoms with Gasteiger partial charge in [-0.25, -0.2) is 24.0 Å². The number of amides is 1. The van der Waals surface area contributed by atoms with Gasteiger partial charge >= 0.3 is 0 Å². The molecule has 3 aromatic heterocycles. The van der Waals surface area contributed by atoms with Gasteiger partial charge in [0.05, 0.1) is 22.9 Å². The highest BCUT2D eigenvalue weighted by molar-refractivity contribution is 6.06. The number of nitrogens with zero attached hydrogens (tertiary/aromatic N) is 5. The molecule has 0 radical (unpaired) electrons. The van der Waals surface area contributed by atoms with E-state index in [4.69, 9.17) is 15.1 Å². The summed E-state index contributed by atoms with van der Waals surface area (Å²) in [6, 6.07) is 10.3. The summed E-state index contributed by atoms with van der Waals surface area (Å²) < 4.78 is 16.0. The maximum absolute atomic E-state index is 14.3. The summed E-state index contributed by atoms with van der Waals surface area (Å²) in [4.78, 5) is 26.7. The Bertz CT molecular complexity index is 1440. The van der Waals surface area contributed by atoms with Crippen LogP contribution >= 0.6 is 0 Å². The van der Waals surface area contributed by atoms with E-state index < -0.39 is 5.41 Å². The van der Waals surface area contributed by atoms with Crippen LogP contribution in [0.2, 0.25) is 0 Å². The first kappa shape index (κ1) is 20.7. The van der Waals surface area contributed by atoms with Crippen LogP contribution in [0.1, 0.15) is 37.8 Å². The van der Waals surface area contributed by atoms with Crippen LogP contribution < -0.4 is 10.6 Å². The standard InChI is InChI=1S/C25H24FN7O/c1-25(2)18-20(28-12-14-9-10-14)29-22(30-21(18)31-24(25)34)19-16-7-5-11-27-23(16)33(32-19)13-15-6-3-4-8-17(15)26/h3-8,11,14H,9-10,12-13H2,1-2H3,(H2,28,29,30,31,34). The van der Waals surface area contributed by atoms with E-state index in [9.17, 15) is 9.18 Å². The van der Waals surface area contributed by atoms with Crippen molar-refractivity contribution in [3.8, 4) is 11.5 Å². The van der Waals surface area contributed by atoms with Gasteiger partial charge in [0.2, 0.25) is 5.91 Å². The number of carbonyl (C=O) groups is 1. The van der Waals surface area contributed by atoms with Gasteiger partial charge in [0.15, 0.2) is 11.5 Å². The zero-order valence-electron chi connectivity index (χ0n) is 19.0. The smallest absolute Gasteiger partial charge is 0.235 e. The maximum Gasteiger partial charge on any atom is 0.235 e. The molecule has 1 saturated carbocycles. The van der Waals surface area contributed by atoms with Crippen molar-refractivity contribution in [1.29, 1.82) is 0 Å². The molecule has 0 bridgehead atoms. The van der Waals surface area contributed by atoms with Gasteiger partial charge in [0.1, 0.15) is 23.1 Å². The minimum absolute atomic E-state index is 0.111. The van der Waals surface area contributed by atoms with E-state index in [1.54, 1.807) is 29.1 Å². The molecule has 1 fully saturated rings. The molecule has 0 atom stereocenters. The first-order valence-electron chi connectivity index (χ1n) is 11.4. The molecule has 0 saturated heterocycles. The van der Waals surface area contributed by atoms with Crippen molar-refractivity contribution >= 4 is 28.6 Å². The number of fused-ring (bicyclic) bond motifs is 2. The van der Waals surface area contributed by atoms with Gasteiger partial charge in [-0.05, 0) is 50.8 Å². The lowest BCUT2D eigenvalue weighted by Gasteiger charge is -2.19. The topological polar surface area (TPSA) is 97.6 Å². The van der Waals surface area contributed by atoms with Crippen LogP contribution in [0.4, 0.5) is 16.0 Å². The highest BCUT2D eigenvalue weighted by Gasteiger charge is 2.43. The van der Waals surface area contributed by atoms with Crippen LogP contribution in [-0.2, 0) is 16.8 Å². The first-order valence-corrected chi connectivity index (χ1v) is 11.4. The lowest BCUT2D eigenvalue weighted by atomic mass is 9.87. The van der Waals surface area contributed by atoms with Crippen LogP contribution in [0.25, 0.3) is 22.6 Å². The summed E-state index contributed by atoms with van der Waals surface area (Å²) in [5.74, 6) is 1.76. The Kier molecular flexibility index (Phi) is 4.62. The van der Waals surface area contributed by atoms with E-state index >= 15 is 0 Å². The predicted molar refractivity (Wildman–Crippen MR) is 127 cm³/mol. The second-order valence-corrected chi connectivity index (χ2v) is 9.50. The average molecular weight is 458 g/mol. The third-order valence-corrected chi connectivity index (χ3v) is 6.59. The Balaban J connectivity index is 1.48. The van der Waals surface area contributed by atoms with E-state index in [1.807, 2.05) is 26.0 Å². The summed E-state index contributed by atoms with van der Waals surface area (Å²) in [5, 5.41) is 11.9. The van der Waals surface area contributed by atoms with Gasteiger partial charge in [0.25, 0.3) is 0 Å². The second kappa shape index (κ2) is 7.58. The normalized spacial score (nSPS) is 16.5. The minimum Gasteiger partial charge on any atom is -0.369 e. The zero-order chi connectivity index (χ0) is 23.4. The number of carbonyl (C=O) groups excluding carboxylic acids is 1. The largest absolute Gasteiger partial charge is 0.369 e. The highest BCUT2D eigenvalue weighted by atomic mass is 19.1. The van der Waals surface area contributed by atoms with Gasteiger partial charge in [-0.3, -0.25) is 4.79 Å². The van der Waals surface area contributed by atoms with E-state index in [0.717, 1.165) is 17.5 Å². The van der Waals surface area contributed by atoms with E-state index in [-0.39, 0.29) is 18.3 Å². The number of rotatable bonds is 6. The molecule has 4 aromatic rings. The number of aromatic nitrogens is 5. The van der Waals surface area contributed by atoms with E-state index in [0.29, 0.717) is 40.3 Å². The van der Waals surface area contributed by atoms with Crippen LogP contribution in [-0.4, -0.2) is 37.2 Å². The fraction of sp³-hybridized carbons (Fsp3) is 0.320. The third kappa shape index (κ3) is 3.39. The quantitative estimate of drug-likeness (QED) is 0.452. The minimum atomic E-state index is -0.742. The van der Waals surface area contributed by atoms with Crippen LogP contribution in [0.5, 0.6) is 0 Å². The number of anilines is 2. The molecule has 1 aliphatic carbocycles. The first-order chi connectivity index (χ1) is 16.4. The number of benzene rings is 1. The summed E-state index contributed by atoms with van der Waals surface area (Å²) in [7, 11) is 0. The molecule has 1 aromatic carbocycles. The van der Waals surface area contributed by atoms with Gasteiger partial charge in [-0.15, -0.1) is 0 Å². The Morgan fingerprint density at radius 2 is 2.00 bits per heavy atom. The molecule has 9 heteroatoms. The fourth-order valence-electron chi connectivity index (χ4n) is 4.39. The van der Waals surface area contributed by atoms with Crippen LogP contribution in [0.3, 0.4) is 0 Å². The molecular weight excluding hydrogens is 433 g/mol. The van der Waals surface area contributed by atoms with E-state index in [1.165, 1.54) is 18.9 Å². The summed E-state index contributed by atoms with van der Waals surface area (Å²) in [6.07, 6.45) is 4.08. The molecule has 2 aliphatic rings. The van der Waals surface area contributed by atoms with Crippen molar-refractivity contribution in [2.75, 3.05) is 17.2 Å². The van der Waals surface area contributed by atoms with Crippen molar-refractivity contribution in [2.45, 2.75) is 38.6 Å². The molecule has 0 unspecified atom stereocenters. The van der Waals surface area contributed by atoms with Crippen LogP contribution in [0, 0.1) is 11.7 Å². The molecule has 4 heterocycles. The Labute approximate surface area is 195 Å². The summed E-state index contributed by atoms with van der Waals surface area (Å²) in [6.45, 7) is 4.78. The van der Waals surface area contributed by atoms with Gasteiger partial charge in [-0.2, -0.15) is 5.10 Å². The number of halogens is 1. The number of pyridine rings is 1. The Hall–Kier alpha value is -3.88. The van der Waals surface area contributed by atoms with Gasteiger partial charge in [-0.1, -0.05) is 18.2 Å². The monoisotopic (exact) mass is 457 g/mol. The molecule has 8 nitrogen and oxygen atoms in total. The molecule has 2 N–H and O–H groups in total. The Morgan fingerprint density at radius 1 is 1.18 bits per heavy atom. The highest BCUT2D eigenvalue weighted by Crippen LogP contribution is 2.42.